The molecule has 1 aliphatic heterocycles. The lowest BCUT2D eigenvalue weighted by Crippen LogP contribution is -2.58. The fourth-order valence-electron chi connectivity index (χ4n) is 4.71. The number of aliphatic hydroxyl groups is 1. The lowest BCUT2D eigenvalue weighted by atomic mass is 9.63. The number of rotatable bonds is 3. The molecule has 2 aliphatic rings. The first-order chi connectivity index (χ1) is 14.0. The molecule has 4 rings (SSSR count). The molecule has 0 spiro atoms. The minimum Gasteiger partial charge on any atom is -0.496 e. The van der Waals surface area contributed by atoms with Crippen molar-refractivity contribution < 1.29 is 32.5 Å². The summed E-state index contributed by atoms with van der Waals surface area (Å²) >= 11 is 0. The normalized spacial score (nSPS) is 24.6. The average molecular weight is 421 g/mol. The number of hydrogen-bond acceptors (Lipinski definition) is 5. The molecule has 0 aromatic heterocycles. The number of ether oxygens (including phenoxy) is 2. The summed E-state index contributed by atoms with van der Waals surface area (Å²) in [7, 11) is 1.46. The summed E-state index contributed by atoms with van der Waals surface area (Å²) < 4.78 is 53.2. The minimum atomic E-state index is -4.90. The van der Waals surface area contributed by atoms with E-state index in [-0.39, 0.29) is 6.61 Å². The Hall–Kier alpha value is -2.74. The van der Waals surface area contributed by atoms with Crippen LogP contribution < -0.4 is 10.1 Å². The van der Waals surface area contributed by atoms with Gasteiger partial charge in [0.05, 0.1) is 18.7 Å². The van der Waals surface area contributed by atoms with Gasteiger partial charge in [-0.15, -0.1) is 0 Å². The molecule has 2 aromatic carbocycles. The number of nitrogens with one attached hydrogen (secondary N) is 1. The summed E-state index contributed by atoms with van der Waals surface area (Å²) in [5.74, 6) is -0.0584. The lowest BCUT2D eigenvalue weighted by Gasteiger charge is -2.49. The van der Waals surface area contributed by atoms with Crippen molar-refractivity contribution in [1.29, 1.82) is 0 Å². The van der Waals surface area contributed by atoms with Crippen molar-refractivity contribution in [2.45, 2.75) is 50.1 Å². The van der Waals surface area contributed by atoms with Crippen LogP contribution in [-0.2, 0) is 16.8 Å². The lowest BCUT2D eigenvalue weighted by molar-refractivity contribution is -0.275. The van der Waals surface area contributed by atoms with Gasteiger partial charge in [-0.2, -0.15) is 13.2 Å². The molecule has 0 bridgehead atoms. The number of cyclic esters (lactones) is 1. The highest BCUT2D eigenvalue weighted by Gasteiger charge is 2.64. The number of halogens is 3. The molecule has 0 amide bonds. The number of carbonyl (C=O) groups is 1. The zero-order valence-electron chi connectivity index (χ0n) is 16.8. The van der Waals surface area contributed by atoms with Gasteiger partial charge in [-0.1, -0.05) is 32.0 Å². The maximum absolute atomic E-state index is 14.2. The molecule has 1 heterocycles. The fraction of sp³-hybridized carbons (Fsp3) is 0.409. The van der Waals surface area contributed by atoms with E-state index in [1.807, 2.05) is 0 Å². The molecule has 5 nitrogen and oxygen atoms in total. The molecule has 30 heavy (non-hydrogen) atoms. The molecule has 0 radical (unpaired) electrons. The van der Waals surface area contributed by atoms with E-state index in [2.05, 4.69) is 5.32 Å². The topological polar surface area (TPSA) is 67.8 Å². The standard InChI is InChI=1S/C22H22F3NO4/c1-20(2)11-21(28,22(23,24)25)18(13-7-5-9-16(29-3)17(13)20)26-15-8-4-6-12-14(15)10-30-19(12)27/h4-9,18,26,28H,10-11H2,1-3H3. The molecule has 2 N–H and O–H groups in total. The Kier molecular flexibility index (Phi) is 4.54. The maximum atomic E-state index is 14.2. The molecule has 0 saturated carbocycles. The van der Waals surface area contributed by atoms with Gasteiger partial charge in [0.2, 0.25) is 0 Å². The van der Waals surface area contributed by atoms with Crippen molar-refractivity contribution in [2.75, 3.05) is 12.4 Å². The Morgan fingerprint density at radius 3 is 2.57 bits per heavy atom. The van der Waals surface area contributed by atoms with Crippen LogP contribution >= 0.6 is 0 Å². The van der Waals surface area contributed by atoms with E-state index in [9.17, 15) is 23.1 Å². The minimum absolute atomic E-state index is 0.0367. The highest BCUT2D eigenvalue weighted by molar-refractivity contribution is 5.95. The Balaban J connectivity index is 1.91. The third-order valence-electron chi connectivity index (χ3n) is 5.99. The summed E-state index contributed by atoms with van der Waals surface area (Å²) in [5.41, 5.74) is -2.03. The molecule has 2 unspecified atom stereocenters. The molecular formula is C22H22F3NO4. The second-order valence-electron chi connectivity index (χ2n) is 8.39. The van der Waals surface area contributed by atoms with Gasteiger partial charge in [-0.05, 0) is 35.6 Å². The number of anilines is 1. The van der Waals surface area contributed by atoms with Crippen LogP contribution in [-0.4, -0.2) is 30.0 Å². The molecule has 2 atom stereocenters. The molecule has 160 valence electrons. The number of carbonyl (C=O) groups excluding carboxylic acids is 1. The van der Waals surface area contributed by atoms with E-state index in [0.29, 0.717) is 33.7 Å². The van der Waals surface area contributed by atoms with Crippen LogP contribution in [0.1, 0.15) is 53.4 Å². The van der Waals surface area contributed by atoms with E-state index in [1.54, 1.807) is 50.2 Å². The van der Waals surface area contributed by atoms with Crippen molar-refractivity contribution in [3.8, 4) is 5.75 Å². The number of benzene rings is 2. The van der Waals surface area contributed by atoms with Crippen LogP contribution in [0.2, 0.25) is 0 Å². The van der Waals surface area contributed by atoms with Gasteiger partial charge < -0.3 is 19.9 Å². The Labute approximate surface area is 171 Å². The highest BCUT2D eigenvalue weighted by Crippen LogP contribution is 2.56. The Bertz CT molecular complexity index is 1020. The summed E-state index contributed by atoms with van der Waals surface area (Å²) in [6, 6.07) is 8.08. The number of fused-ring (bicyclic) bond motifs is 2. The van der Waals surface area contributed by atoms with E-state index >= 15 is 0 Å². The van der Waals surface area contributed by atoms with Crippen molar-refractivity contribution in [3.63, 3.8) is 0 Å². The van der Waals surface area contributed by atoms with Crippen LogP contribution in [0.15, 0.2) is 36.4 Å². The summed E-state index contributed by atoms with van der Waals surface area (Å²) in [6.07, 6.45) is -5.45. The van der Waals surface area contributed by atoms with Gasteiger partial charge >= 0.3 is 12.1 Å². The van der Waals surface area contributed by atoms with Crippen molar-refractivity contribution in [1.82, 2.24) is 0 Å². The van der Waals surface area contributed by atoms with Gasteiger partial charge in [0.1, 0.15) is 12.4 Å². The van der Waals surface area contributed by atoms with E-state index < -0.39 is 35.6 Å². The molecule has 0 saturated heterocycles. The number of hydrogen-bond donors (Lipinski definition) is 2. The fourth-order valence-corrected chi connectivity index (χ4v) is 4.71. The molecule has 0 fully saturated rings. The zero-order chi connectivity index (χ0) is 21.9. The smallest absolute Gasteiger partial charge is 0.419 e. The van der Waals surface area contributed by atoms with Crippen LogP contribution in [0.25, 0.3) is 0 Å². The maximum Gasteiger partial charge on any atom is 0.419 e. The molecule has 1 aliphatic carbocycles. The van der Waals surface area contributed by atoms with Crippen molar-refractivity contribution in [2.24, 2.45) is 0 Å². The van der Waals surface area contributed by atoms with Gasteiger partial charge in [-0.25, -0.2) is 4.79 Å². The van der Waals surface area contributed by atoms with E-state index in [0.717, 1.165) is 0 Å². The largest absolute Gasteiger partial charge is 0.496 e. The summed E-state index contributed by atoms with van der Waals surface area (Å²) in [5, 5.41) is 13.9. The van der Waals surface area contributed by atoms with Crippen molar-refractivity contribution >= 4 is 11.7 Å². The Morgan fingerprint density at radius 1 is 1.20 bits per heavy atom. The van der Waals surface area contributed by atoms with Gasteiger partial charge in [0.15, 0.2) is 5.60 Å². The first-order valence-corrected chi connectivity index (χ1v) is 9.51. The van der Waals surface area contributed by atoms with E-state index in [1.165, 1.54) is 7.11 Å². The molecular weight excluding hydrogens is 399 g/mol. The first kappa shape index (κ1) is 20.5. The van der Waals surface area contributed by atoms with Gasteiger partial charge in [-0.3, -0.25) is 0 Å². The van der Waals surface area contributed by atoms with Crippen LogP contribution in [0.5, 0.6) is 5.75 Å². The van der Waals surface area contributed by atoms with Gasteiger partial charge in [0, 0.05) is 16.8 Å². The number of methoxy groups -OCH3 is 1. The van der Waals surface area contributed by atoms with E-state index in [4.69, 9.17) is 9.47 Å². The third-order valence-corrected chi connectivity index (χ3v) is 5.99. The quantitative estimate of drug-likeness (QED) is 0.715. The SMILES string of the molecule is COc1cccc2c1C(C)(C)CC(O)(C(F)(F)F)C2Nc1cccc2c1COC2=O. The molecule has 2 aromatic rings. The average Bonchev–Trinajstić information content (AvgIpc) is 3.05. The zero-order valence-corrected chi connectivity index (χ0v) is 16.8. The second-order valence-corrected chi connectivity index (χ2v) is 8.39. The molecule has 8 heteroatoms. The van der Waals surface area contributed by atoms with Crippen LogP contribution in [0, 0.1) is 0 Å². The highest BCUT2D eigenvalue weighted by atomic mass is 19.4. The number of alkyl halides is 3. The number of esters is 1. The first-order valence-electron chi connectivity index (χ1n) is 9.51. The predicted octanol–water partition coefficient (Wildman–Crippen LogP) is 4.49. The second kappa shape index (κ2) is 6.63. The van der Waals surface area contributed by atoms with Crippen LogP contribution in [0.3, 0.4) is 0 Å². The third kappa shape index (κ3) is 2.93. The monoisotopic (exact) mass is 421 g/mol. The van der Waals surface area contributed by atoms with Crippen molar-refractivity contribution in [3.05, 3.63) is 58.7 Å². The summed E-state index contributed by atoms with van der Waals surface area (Å²) in [4.78, 5) is 11.9. The van der Waals surface area contributed by atoms with Gasteiger partial charge in [0.25, 0.3) is 0 Å². The predicted molar refractivity (Wildman–Crippen MR) is 104 cm³/mol. The summed E-state index contributed by atoms with van der Waals surface area (Å²) in [6.45, 7) is 3.28. The Morgan fingerprint density at radius 2 is 1.90 bits per heavy atom. The van der Waals surface area contributed by atoms with Crippen LogP contribution in [0.4, 0.5) is 18.9 Å².